The monoisotopic (exact) mass is 952 g/mol. The van der Waals surface area contributed by atoms with Crippen LogP contribution in [0.4, 0.5) is 17.1 Å². The van der Waals surface area contributed by atoms with Gasteiger partial charge in [-0.2, -0.15) is 0 Å². The molecule has 0 fully saturated rings. The van der Waals surface area contributed by atoms with E-state index >= 15 is 0 Å². The Bertz CT molecular complexity index is 4130. The summed E-state index contributed by atoms with van der Waals surface area (Å²) in [6.45, 7) is 0. The second-order valence-electron chi connectivity index (χ2n) is 18.4. The minimum absolute atomic E-state index is 1.09. The summed E-state index contributed by atoms with van der Waals surface area (Å²) in [5.74, 6) is 0. The lowest BCUT2D eigenvalue weighted by molar-refractivity contribution is 1.13. The van der Waals surface area contributed by atoms with Crippen LogP contribution in [-0.2, 0) is 0 Å². The Labute approximate surface area is 426 Å². The predicted octanol–water partition coefficient (Wildman–Crippen LogP) is 20.2. The van der Waals surface area contributed by atoms with Crippen LogP contribution in [0, 0.1) is 0 Å². The van der Waals surface area contributed by atoms with E-state index in [0.717, 1.165) is 28.3 Å². The van der Waals surface area contributed by atoms with E-state index < -0.39 is 0 Å². The van der Waals surface area contributed by atoms with Crippen LogP contribution in [0.3, 0.4) is 0 Å². The van der Waals surface area contributed by atoms with E-state index in [4.69, 9.17) is 0 Å². The van der Waals surface area contributed by atoms with Gasteiger partial charge in [0.15, 0.2) is 0 Å². The molecule has 2 nitrogen and oxygen atoms in total. The van der Waals surface area contributed by atoms with Gasteiger partial charge in [0.05, 0.1) is 11.2 Å². The maximum atomic E-state index is 2.43. The Morgan fingerprint density at radius 3 is 1.25 bits per heavy atom. The summed E-state index contributed by atoms with van der Waals surface area (Å²) >= 11 is 3.75. The van der Waals surface area contributed by atoms with Gasteiger partial charge in [-0.15, -0.1) is 22.7 Å². The third kappa shape index (κ3) is 7.14. The molecule has 3 aromatic heterocycles. The molecule has 0 aliphatic carbocycles. The summed E-state index contributed by atoms with van der Waals surface area (Å²) < 4.78 is 7.71. The van der Waals surface area contributed by atoms with Crippen LogP contribution in [0.25, 0.3) is 113 Å². The first kappa shape index (κ1) is 42.1. The molecule has 14 rings (SSSR count). The molecule has 0 bridgehead atoms. The third-order valence-corrected chi connectivity index (χ3v) is 16.7. The lowest BCUT2D eigenvalue weighted by Crippen LogP contribution is -2.09. The number of benzene rings is 11. The Kier molecular flexibility index (Phi) is 10.3. The number of fused-ring (bicyclic) bond motifs is 7. The Hall–Kier alpha value is -8.80. The van der Waals surface area contributed by atoms with Gasteiger partial charge in [0.2, 0.25) is 0 Å². The second kappa shape index (κ2) is 17.6. The number of nitrogens with zero attached hydrogens (tertiary/aromatic N) is 2. The topological polar surface area (TPSA) is 8.17 Å². The maximum absolute atomic E-state index is 2.43. The van der Waals surface area contributed by atoms with Crippen molar-refractivity contribution < 1.29 is 0 Å². The quantitative estimate of drug-likeness (QED) is 0.140. The zero-order valence-corrected chi connectivity index (χ0v) is 40.7. The summed E-state index contributed by atoms with van der Waals surface area (Å²) in [5.41, 5.74) is 17.6. The van der Waals surface area contributed by atoms with E-state index in [1.165, 1.54) is 101 Å². The van der Waals surface area contributed by atoms with E-state index in [9.17, 15) is 0 Å². The Balaban J connectivity index is 0.882. The molecule has 0 aliphatic rings. The molecule has 338 valence electrons. The first-order valence-electron chi connectivity index (χ1n) is 24.5. The van der Waals surface area contributed by atoms with Crippen molar-refractivity contribution >= 4 is 91.0 Å². The van der Waals surface area contributed by atoms with Crippen molar-refractivity contribution in [2.45, 2.75) is 0 Å². The number of hydrogen-bond acceptors (Lipinski definition) is 3. The molecule has 14 aromatic rings. The van der Waals surface area contributed by atoms with Crippen LogP contribution >= 0.6 is 22.7 Å². The highest BCUT2D eigenvalue weighted by Crippen LogP contribution is 2.46. The summed E-state index contributed by atoms with van der Waals surface area (Å²) in [6.07, 6.45) is 0. The largest absolute Gasteiger partial charge is 0.311 e. The second-order valence-corrected chi connectivity index (χ2v) is 20.5. The number of thiophene rings is 2. The Morgan fingerprint density at radius 1 is 0.292 bits per heavy atom. The van der Waals surface area contributed by atoms with Gasteiger partial charge in [0, 0.05) is 74.0 Å². The summed E-state index contributed by atoms with van der Waals surface area (Å²) in [4.78, 5) is 2.39. The van der Waals surface area contributed by atoms with Gasteiger partial charge in [0.1, 0.15) is 0 Å². The van der Waals surface area contributed by atoms with Crippen molar-refractivity contribution in [1.82, 2.24) is 4.57 Å². The highest BCUT2D eigenvalue weighted by atomic mass is 32.1. The average Bonchev–Trinajstić information content (AvgIpc) is 4.15. The minimum Gasteiger partial charge on any atom is -0.311 e. The van der Waals surface area contributed by atoms with Crippen molar-refractivity contribution in [3.63, 3.8) is 0 Å². The van der Waals surface area contributed by atoms with Crippen molar-refractivity contribution in [3.05, 3.63) is 267 Å². The van der Waals surface area contributed by atoms with Crippen molar-refractivity contribution in [1.29, 1.82) is 0 Å². The molecule has 72 heavy (non-hydrogen) atoms. The van der Waals surface area contributed by atoms with Gasteiger partial charge in [-0.05, 0) is 117 Å². The fraction of sp³-hybridized carbons (Fsp3) is 0. The molecule has 0 atom stereocenters. The summed E-state index contributed by atoms with van der Waals surface area (Å²) in [5, 5.41) is 6.47. The van der Waals surface area contributed by atoms with Gasteiger partial charge in [-0.25, -0.2) is 0 Å². The zero-order valence-electron chi connectivity index (χ0n) is 39.1. The Morgan fingerprint density at radius 2 is 0.722 bits per heavy atom. The molecular formula is C68H44N2S2. The summed E-state index contributed by atoms with van der Waals surface area (Å²) in [7, 11) is 0. The molecule has 0 saturated carbocycles. The van der Waals surface area contributed by atoms with E-state index in [-0.39, 0.29) is 0 Å². The van der Waals surface area contributed by atoms with Crippen molar-refractivity contribution in [2.24, 2.45) is 0 Å². The molecule has 0 radical (unpaired) electrons. The van der Waals surface area contributed by atoms with Gasteiger partial charge in [-0.3, -0.25) is 0 Å². The van der Waals surface area contributed by atoms with Gasteiger partial charge < -0.3 is 9.47 Å². The first-order chi connectivity index (χ1) is 35.7. The lowest BCUT2D eigenvalue weighted by Gasteiger charge is -2.26. The molecular weight excluding hydrogens is 909 g/mol. The van der Waals surface area contributed by atoms with E-state index in [1.807, 2.05) is 22.7 Å². The standard InChI is InChI=1S/C68H44N2S2/c1-4-16-48(17-5-1)65-61-44-50(36-43-62(61)70(51-20-8-3-9-21-51)66(65)49-18-6-2-7-19-49)45-30-37-52(38-31-45)69(53-39-32-46(33-40-53)55-24-14-26-59-57-22-10-12-28-63(57)71-67(55)59)54-41-34-47(35-42-54)56-25-15-27-60-58-23-11-13-29-64(58)72-68(56)60/h1-44H. The average molecular weight is 953 g/mol. The zero-order chi connectivity index (χ0) is 47.5. The summed E-state index contributed by atoms with van der Waals surface area (Å²) in [6, 6.07) is 97.7. The number of aromatic nitrogens is 1. The maximum Gasteiger partial charge on any atom is 0.0619 e. The lowest BCUT2D eigenvalue weighted by atomic mass is 9.96. The highest BCUT2D eigenvalue weighted by Gasteiger charge is 2.23. The van der Waals surface area contributed by atoms with Gasteiger partial charge in [-0.1, -0.05) is 194 Å². The van der Waals surface area contributed by atoms with Crippen molar-refractivity contribution in [3.8, 4) is 61.5 Å². The smallest absolute Gasteiger partial charge is 0.0619 e. The molecule has 0 amide bonds. The number of anilines is 3. The molecule has 4 heteroatoms. The van der Waals surface area contributed by atoms with Crippen LogP contribution in [0.5, 0.6) is 0 Å². The SMILES string of the molecule is c1ccc(-c2c(-c3ccccc3)n(-c3ccccc3)c3ccc(-c4ccc(N(c5ccc(-c6cccc7c6sc6ccccc67)cc5)c5ccc(-c6cccc7c6sc6ccccc67)cc5)cc4)cc23)cc1. The van der Waals surface area contributed by atoms with E-state index in [0.29, 0.717) is 0 Å². The van der Waals surface area contributed by atoms with Crippen LogP contribution in [0.15, 0.2) is 267 Å². The van der Waals surface area contributed by atoms with E-state index in [2.05, 4.69) is 276 Å². The molecule has 0 unspecified atom stereocenters. The fourth-order valence-corrected chi connectivity index (χ4v) is 13.3. The third-order valence-electron chi connectivity index (χ3n) is 14.2. The molecule has 0 aliphatic heterocycles. The molecule has 3 heterocycles. The molecule has 11 aromatic carbocycles. The van der Waals surface area contributed by atoms with Crippen molar-refractivity contribution in [2.75, 3.05) is 4.90 Å². The number of rotatable bonds is 9. The van der Waals surface area contributed by atoms with Gasteiger partial charge in [0.25, 0.3) is 0 Å². The fourth-order valence-electron chi connectivity index (χ4n) is 10.9. The highest BCUT2D eigenvalue weighted by molar-refractivity contribution is 7.26. The predicted molar refractivity (Wildman–Crippen MR) is 311 cm³/mol. The van der Waals surface area contributed by atoms with Crippen LogP contribution in [0.1, 0.15) is 0 Å². The minimum atomic E-state index is 1.09. The number of para-hydroxylation sites is 1. The normalized spacial score (nSPS) is 11.6. The van der Waals surface area contributed by atoms with Gasteiger partial charge >= 0.3 is 0 Å². The molecule has 0 N–H and O–H groups in total. The van der Waals surface area contributed by atoms with Crippen LogP contribution in [0.2, 0.25) is 0 Å². The van der Waals surface area contributed by atoms with Crippen LogP contribution < -0.4 is 4.90 Å². The first-order valence-corrected chi connectivity index (χ1v) is 26.1. The molecule has 0 spiro atoms. The number of hydrogen-bond donors (Lipinski definition) is 0. The molecule has 0 saturated heterocycles. The van der Waals surface area contributed by atoms with Crippen LogP contribution in [-0.4, -0.2) is 4.57 Å². The van der Waals surface area contributed by atoms with E-state index in [1.54, 1.807) is 0 Å².